The number of anilines is 1. The highest BCUT2D eigenvalue weighted by molar-refractivity contribution is 5.81. The summed E-state index contributed by atoms with van der Waals surface area (Å²) in [7, 11) is 3.30. The summed E-state index contributed by atoms with van der Waals surface area (Å²) in [5.74, 6) is 1.74. The van der Waals surface area contributed by atoms with Crippen LogP contribution in [0.1, 0.15) is 12.5 Å². The van der Waals surface area contributed by atoms with Gasteiger partial charge in [0.05, 0.1) is 14.2 Å². The van der Waals surface area contributed by atoms with Gasteiger partial charge in [0.25, 0.3) is 0 Å². The standard InChI is InChI=1S/C15H20N2O2/c1-9-13(17)7-6-12(15(9)19-3)11-5-4-10(16)8-14(11)18-2/h4-9,13H,16-17H2,1-3H3. The number of rotatable bonds is 3. The van der Waals surface area contributed by atoms with Gasteiger partial charge in [0, 0.05) is 34.9 Å². The molecule has 0 spiro atoms. The Balaban J connectivity index is 2.56. The van der Waals surface area contributed by atoms with Crippen molar-refractivity contribution in [2.75, 3.05) is 20.0 Å². The Morgan fingerprint density at radius 3 is 2.53 bits per heavy atom. The summed E-state index contributed by atoms with van der Waals surface area (Å²) in [4.78, 5) is 0. The van der Waals surface area contributed by atoms with Gasteiger partial charge in [-0.3, -0.25) is 0 Å². The van der Waals surface area contributed by atoms with Crippen molar-refractivity contribution in [3.05, 3.63) is 41.7 Å². The topological polar surface area (TPSA) is 70.5 Å². The van der Waals surface area contributed by atoms with Crippen molar-refractivity contribution in [2.24, 2.45) is 11.7 Å². The fourth-order valence-electron chi connectivity index (χ4n) is 2.32. The SMILES string of the molecule is COC1=C(c2ccc(N)cc2OC)C=CC(N)C1C. The largest absolute Gasteiger partial charge is 0.500 e. The number of nitrogen functional groups attached to an aromatic ring is 1. The first-order valence-electron chi connectivity index (χ1n) is 6.24. The van der Waals surface area contributed by atoms with Crippen LogP contribution in [-0.4, -0.2) is 20.3 Å². The molecule has 2 atom stereocenters. The van der Waals surface area contributed by atoms with Crippen LogP contribution < -0.4 is 16.2 Å². The Hall–Kier alpha value is -1.94. The van der Waals surface area contributed by atoms with Gasteiger partial charge in [-0.05, 0) is 12.1 Å². The molecule has 1 aromatic carbocycles. The highest BCUT2D eigenvalue weighted by atomic mass is 16.5. The fraction of sp³-hybridized carbons (Fsp3) is 0.333. The lowest BCUT2D eigenvalue weighted by Gasteiger charge is -2.26. The molecule has 4 N–H and O–H groups in total. The molecule has 0 saturated carbocycles. The number of methoxy groups -OCH3 is 2. The highest BCUT2D eigenvalue weighted by Crippen LogP contribution is 2.36. The van der Waals surface area contributed by atoms with Crippen LogP contribution in [0.5, 0.6) is 5.75 Å². The van der Waals surface area contributed by atoms with Crippen LogP contribution in [0, 0.1) is 5.92 Å². The number of hydrogen-bond donors (Lipinski definition) is 2. The van der Waals surface area contributed by atoms with Gasteiger partial charge in [0.1, 0.15) is 11.5 Å². The summed E-state index contributed by atoms with van der Waals surface area (Å²) in [6, 6.07) is 5.57. The molecule has 0 aromatic heterocycles. The third-order valence-corrected chi connectivity index (χ3v) is 3.48. The predicted octanol–water partition coefficient (Wildman–Crippen LogP) is 2.17. The molecule has 1 aliphatic rings. The quantitative estimate of drug-likeness (QED) is 0.817. The zero-order valence-corrected chi connectivity index (χ0v) is 11.5. The van der Waals surface area contributed by atoms with E-state index >= 15 is 0 Å². The summed E-state index contributed by atoms with van der Waals surface area (Å²) in [5.41, 5.74) is 14.4. The van der Waals surface area contributed by atoms with E-state index in [9.17, 15) is 0 Å². The minimum atomic E-state index is -0.0292. The monoisotopic (exact) mass is 260 g/mol. The van der Waals surface area contributed by atoms with Gasteiger partial charge in [0.2, 0.25) is 0 Å². The molecule has 19 heavy (non-hydrogen) atoms. The van der Waals surface area contributed by atoms with E-state index in [2.05, 4.69) is 6.92 Å². The molecule has 1 aliphatic carbocycles. The number of nitrogens with two attached hydrogens (primary N) is 2. The highest BCUT2D eigenvalue weighted by Gasteiger charge is 2.25. The number of benzene rings is 1. The average Bonchev–Trinajstić information content (AvgIpc) is 2.41. The van der Waals surface area contributed by atoms with E-state index in [1.165, 1.54) is 0 Å². The average molecular weight is 260 g/mol. The molecular weight excluding hydrogens is 240 g/mol. The molecule has 0 radical (unpaired) electrons. The molecule has 0 heterocycles. The summed E-state index contributed by atoms with van der Waals surface area (Å²) in [6.45, 7) is 2.05. The second-order valence-electron chi connectivity index (χ2n) is 4.67. The van der Waals surface area contributed by atoms with E-state index < -0.39 is 0 Å². The Morgan fingerprint density at radius 1 is 1.16 bits per heavy atom. The lowest BCUT2D eigenvalue weighted by Crippen LogP contribution is -2.30. The molecule has 2 unspecified atom stereocenters. The Morgan fingerprint density at radius 2 is 1.89 bits per heavy atom. The maximum Gasteiger partial charge on any atom is 0.128 e. The van der Waals surface area contributed by atoms with Crippen LogP contribution in [0.2, 0.25) is 0 Å². The van der Waals surface area contributed by atoms with Crippen molar-refractivity contribution in [1.82, 2.24) is 0 Å². The van der Waals surface area contributed by atoms with Crippen molar-refractivity contribution in [3.63, 3.8) is 0 Å². The van der Waals surface area contributed by atoms with Crippen LogP contribution in [0.4, 0.5) is 5.69 Å². The van der Waals surface area contributed by atoms with E-state index in [0.717, 1.165) is 22.6 Å². The molecule has 1 aromatic rings. The number of allylic oxidation sites excluding steroid dienone is 2. The molecule has 0 aliphatic heterocycles. The maximum atomic E-state index is 6.03. The van der Waals surface area contributed by atoms with Gasteiger partial charge >= 0.3 is 0 Å². The van der Waals surface area contributed by atoms with Crippen LogP contribution in [0.15, 0.2) is 36.1 Å². The molecule has 102 valence electrons. The molecule has 2 rings (SSSR count). The maximum absolute atomic E-state index is 6.03. The van der Waals surface area contributed by atoms with E-state index in [4.69, 9.17) is 20.9 Å². The second kappa shape index (κ2) is 5.36. The first kappa shape index (κ1) is 13.5. The third kappa shape index (κ3) is 2.44. The smallest absolute Gasteiger partial charge is 0.128 e. The van der Waals surface area contributed by atoms with Crippen molar-refractivity contribution in [2.45, 2.75) is 13.0 Å². The zero-order chi connectivity index (χ0) is 14.0. The number of ether oxygens (including phenoxy) is 2. The first-order valence-corrected chi connectivity index (χ1v) is 6.24. The summed E-state index contributed by atoms with van der Waals surface area (Å²) >= 11 is 0. The summed E-state index contributed by atoms with van der Waals surface area (Å²) in [5, 5.41) is 0. The molecule has 0 fully saturated rings. The molecular formula is C15H20N2O2. The normalized spacial score (nSPS) is 22.5. The van der Waals surface area contributed by atoms with Crippen molar-refractivity contribution >= 4 is 11.3 Å². The number of hydrogen-bond acceptors (Lipinski definition) is 4. The van der Waals surface area contributed by atoms with Crippen LogP contribution in [0.3, 0.4) is 0 Å². The van der Waals surface area contributed by atoms with E-state index in [-0.39, 0.29) is 12.0 Å². The molecule has 0 saturated heterocycles. The summed E-state index contributed by atoms with van der Waals surface area (Å²) in [6.07, 6.45) is 3.97. The van der Waals surface area contributed by atoms with Gasteiger partial charge in [0.15, 0.2) is 0 Å². The van der Waals surface area contributed by atoms with E-state index in [0.29, 0.717) is 5.69 Å². The van der Waals surface area contributed by atoms with Crippen LogP contribution in [-0.2, 0) is 4.74 Å². The minimum absolute atomic E-state index is 0.0292. The van der Waals surface area contributed by atoms with E-state index in [1.807, 2.05) is 30.4 Å². The molecule has 4 heteroatoms. The van der Waals surface area contributed by atoms with Gasteiger partial charge in [-0.25, -0.2) is 0 Å². The predicted molar refractivity (Wildman–Crippen MR) is 77.6 cm³/mol. The van der Waals surface area contributed by atoms with Gasteiger partial charge in [-0.1, -0.05) is 19.1 Å². The fourth-order valence-corrected chi connectivity index (χ4v) is 2.32. The first-order chi connectivity index (χ1) is 9.08. The van der Waals surface area contributed by atoms with Crippen LogP contribution >= 0.6 is 0 Å². The van der Waals surface area contributed by atoms with Gasteiger partial charge < -0.3 is 20.9 Å². The van der Waals surface area contributed by atoms with Gasteiger partial charge in [-0.15, -0.1) is 0 Å². The van der Waals surface area contributed by atoms with Crippen molar-refractivity contribution in [3.8, 4) is 5.75 Å². The Labute approximate surface area is 113 Å². The van der Waals surface area contributed by atoms with E-state index in [1.54, 1.807) is 14.2 Å². The third-order valence-electron chi connectivity index (χ3n) is 3.48. The Bertz CT molecular complexity index is 535. The lowest BCUT2D eigenvalue weighted by molar-refractivity contribution is 0.241. The molecule has 0 amide bonds. The zero-order valence-electron chi connectivity index (χ0n) is 11.5. The van der Waals surface area contributed by atoms with Crippen LogP contribution in [0.25, 0.3) is 5.57 Å². The van der Waals surface area contributed by atoms with Crippen molar-refractivity contribution in [1.29, 1.82) is 0 Å². The van der Waals surface area contributed by atoms with Crippen molar-refractivity contribution < 1.29 is 9.47 Å². The second-order valence-corrected chi connectivity index (χ2v) is 4.67. The lowest BCUT2D eigenvalue weighted by atomic mass is 9.88. The minimum Gasteiger partial charge on any atom is -0.500 e. The summed E-state index contributed by atoms with van der Waals surface area (Å²) < 4.78 is 10.9. The Kier molecular flexibility index (Phi) is 3.81. The molecule has 0 bridgehead atoms. The molecule has 4 nitrogen and oxygen atoms in total. The van der Waals surface area contributed by atoms with Gasteiger partial charge in [-0.2, -0.15) is 0 Å².